The Bertz CT molecular complexity index is 1170. The van der Waals surface area contributed by atoms with Crippen LogP contribution in [0, 0.1) is 0 Å². The van der Waals surface area contributed by atoms with Crippen molar-refractivity contribution >= 4 is 33.9 Å². The fraction of sp³-hybridized carbons (Fsp3) is 0.0455. The fourth-order valence-corrected chi connectivity index (χ4v) is 2.91. The van der Waals surface area contributed by atoms with Gasteiger partial charge < -0.3 is 20.5 Å². The first-order valence-corrected chi connectivity index (χ1v) is 8.87. The summed E-state index contributed by atoms with van der Waals surface area (Å²) in [4.78, 5) is 19.9. The van der Waals surface area contributed by atoms with Gasteiger partial charge in [-0.25, -0.2) is 9.78 Å². The van der Waals surface area contributed by atoms with Crippen molar-refractivity contribution in [3.05, 3.63) is 78.6 Å². The molecule has 1 heterocycles. The lowest BCUT2D eigenvalue weighted by atomic mass is 10.1. The molecule has 0 unspecified atom stereocenters. The van der Waals surface area contributed by atoms with E-state index in [4.69, 9.17) is 10.5 Å². The van der Waals surface area contributed by atoms with Gasteiger partial charge in [-0.15, -0.1) is 0 Å². The lowest BCUT2D eigenvalue weighted by Crippen LogP contribution is -2.04. The van der Waals surface area contributed by atoms with E-state index >= 15 is 0 Å². The summed E-state index contributed by atoms with van der Waals surface area (Å²) in [6.07, 6.45) is 1.38. The van der Waals surface area contributed by atoms with Crippen LogP contribution in [-0.4, -0.2) is 23.0 Å². The Morgan fingerprint density at radius 2 is 1.72 bits per heavy atom. The molecule has 1 aromatic heterocycles. The molecule has 0 saturated carbocycles. The van der Waals surface area contributed by atoms with Crippen molar-refractivity contribution in [1.82, 2.24) is 9.97 Å². The normalized spacial score (nSPS) is 10.5. The van der Waals surface area contributed by atoms with Gasteiger partial charge >= 0.3 is 5.97 Å². The number of hydrogen-bond acceptors (Lipinski definition) is 7. The van der Waals surface area contributed by atoms with Gasteiger partial charge in [-0.3, -0.25) is 0 Å². The minimum atomic E-state index is -0.417. The van der Waals surface area contributed by atoms with Crippen molar-refractivity contribution < 1.29 is 14.3 Å². The molecule has 0 aliphatic carbocycles. The number of esters is 1. The van der Waals surface area contributed by atoms with Crippen LogP contribution < -0.4 is 15.8 Å². The van der Waals surface area contributed by atoms with E-state index in [2.05, 4.69) is 20.0 Å². The number of ether oxygens (including phenoxy) is 2. The molecule has 7 nitrogen and oxygen atoms in total. The van der Waals surface area contributed by atoms with Crippen LogP contribution in [0.4, 0.5) is 17.2 Å². The second-order valence-electron chi connectivity index (χ2n) is 6.21. The highest BCUT2D eigenvalue weighted by Crippen LogP contribution is 2.33. The minimum Gasteiger partial charge on any atom is -0.465 e. The van der Waals surface area contributed by atoms with Gasteiger partial charge in [-0.05, 0) is 35.7 Å². The van der Waals surface area contributed by atoms with E-state index in [0.717, 1.165) is 16.5 Å². The zero-order valence-corrected chi connectivity index (χ0v) is 15.6. The van der Waals surface area contributed by atoms with Crippen LogP contribution in [0.25, 0.3) is 10.8 Å². The maximum atomic E-state index is 11.5. The molecular formula is C22H18N4O3. The van der Waals surface area contributed by atoms with Crippen molar-refractivity contribution in [2.45, 2.75) is 0 Å². The Labute approximate surface area is 167 Å². The van der Waals surface area contributed by atoms with Crippen molar-refractivity contribution in [2.75, 3.05) is 18.2 Å². The largest absolute Gasteiger partial charge is 0.465 e. The Morgan fingerprint density at radius 1 is 0.966 bits per heavy atom. The topological polar surface area (TPSA) is 99.4 Å². The molecule has 4 rings (SSSR count). The summed E-state index contributed by atoms with van der Waals surface area (Å²) in [5, 5.41) is 5.41. The van der Waals surface area contributed by atoms with Gasteiger partial charge in [0, 0.05) is 11.1 Å². The number of fused-ring (bicyclic) bond motifs is 1. The number of nitrogens with one attached hydrogen (secondary N) is 1. The molecule has 7 heteroatoms. The summed E-state index contributed by atoms with van der Waals surface area (Å²) in [6, 6.07) is 20.5. The first kappa shape index (κ1) is 18.2. The summed E-state index contributed by atoms with van der Waals surface area (Å²) in [6.45, 7) is 0. The molecule has 0 spiro atoms. The Morgan fingerprint density at radius 3 is 2.52 bits per heavy atom. The molecule has 3 N–H and O–H groups in total. The Kier molecular flexibility index (Phi) is 4.94. The number of carbonyl (C=O) groups is 1. The highest BCUT2D eigenvalue weighted by Gasteiger charge is 2.12. The molecule has 3 aromatic carbocycles. The van der Waals surface area contributed by atoms with Crippen molar-refractivity contribution in [1.29, 1.82) is 0 Å². The zero-order valence-electron chi connectivity index (χ0n) is 15.6. The molecule has 0 radical (unpaired) electrons. The first-order chi connectivity index (χ1) is 14.2. The minimum absolute atomic E-state index is 0.216. The fourth-order valence-electron chi connectivity index (χ4n) is 2.91. The Hall–Kier alpha value is -4.13. The number of nitrogen functional groups attached to an aromatic ring is 1. The summed E-state index contributed by atoms with van der Waals surface area (Å²) in [7, 11) is 1.33. The van der Waals surface area contributed by atoms with Gasteiger partial charge in [-0.1, -0.05) is 36.4 Å². The molecule has 144 valence electrons. The number of rotatable bonds is 5. The maximum absolute atomic E-state index is 11.5. The van der Waals surface area contributed by atoms with E-state index in [1.165, 1.54) is 13.4 Å². The van der Waals surface area contributed by atoms with E-state index in [1.54, 1.807) is 24.3 Å². The average molecular weight is 386 g/mol. The Balaban J connectivity index is 1.60. The summed E-state index contributed by atoms with van der Waals surface area (Å²) >= 11 is 0. The maximum Gasteiger partial charge on any atom is 0.337 e. The highest BCUT2D eigenvalue weighted by atomic mass is 16.5. The van der Waals surface area contributed by atoms with Crippen LogP contribution in [0.1, 0.15) is 10.4 Å². The van der Waals surface area contributed by atoms with Crippen LogP contribution in [0.3, 0.4) is 0 Å². The predicted molar refractivity (Wildman–Crippen MR) is 112 cm³/mol. The van der Waals surface area contributed by atoms with Crippen LogP contribution >= 0.6 is 0 Å². The van der Waals surface area contributed by atoms with Crippen molar-refractivity contribution in [3.8, 4) is 11.6 Å². The SMILES string of the molecule is COC(=O)c1ccc(Oc2ncnc(Nc3cccc4ccccc34)c2N)cc1. The van der Waals surface area contributed by atoms with Gasteiger partial charge in [0.2, 0.25) is 5.88 Å². The van der Waals surface area contributed by atoms with E-state index in [1.807, 2.05) is 42.5 Å². The van der Waals surface area contributed by atoms with E-state index in [0.29, 0.717) is 17.1 Å². The molecule has 0 aliphatic heterocycles. The lowest BCUT2D eigenvalue weighted by molar-refractivity contribution is 0.0600. The third-order valence-electron chi connectivity index (χ3n) is 4.38. The number of aromatic nitrogens is 2. The third kappa shape index (κ3) is 3.79. The number of anilines is 3. The van der Waals surface area contributed by atoms with Crippen LogP contribution in [0.5, 0.6) is 11.6 Å². The molecular weight excluding hydrogens is 368 g/mol. The number of benzene rings is 3. The van der Waals surface area contributed by atoms with Crippen LogP contribution in [-0.2, 0) is 4.74 Å². The van der Waals surface area contributed by atoms with Gasteiger partial charge in [0.05, 0.1) is 12.7 Å². The quantitative estimate of drug-likeness (QED) is 0.486. The molecule has 0 bridgehead atoms. The first-order valence-electron chi connectivity index (χ1n) is 8.87. The molecule has 0 fully saturated rings. The smallest absolute Gasteiger partial charge is 0.337 e. The lowest BCUT2D eigenvalue weighted by Gasteiger charge is -2.13. The van der Waals surface area contributed by atoms with E-state index < -0.39 is 5.97 Å². The van der Waals surface area contributed by atoms with Gasteiger partial charge in [0.25, 0.3) is 0 Å². The molecule has 0 amide bonds. The summed E-state index contributed by atoms with van der Waals surface area (Å²) in [5.41, 5.74) is 7.81. The van der Waals surface area contributed by atoms with Crippen molar-refractivity contribution in [3.63, 3.8) is 0 Å². The number of nitrogens with two attached hydrogens (primary N) is 1. The van der Waals surface area contributed by atoms with Crippen LogP contribution in [0.2, 0.25) is 0 Å². The zero-order chi connectivity index (χ0) is 20.2. The van der Waals surface area contributed by atoms with Gasteiger partial charge in [0.1, 0.15) is 17.8 Å². The molecule has 4 aromatic rings. The summed E-state index contributed by atoms with van der Waals surface area (Å²) < 4.78 is 10.5. The number of carbonyl (C=O) groups excluding carboxylic acids is 1. The number of nitrogens with zero attached hydrogens (tertiary/aromatic N) is 2. The number of methoxy groups -OCH3 is 1. The average Bonchev–Trinajstić information content (AvgIpc) is 2.77. The van der Waals surface area contributed by atoms with E-state index in [9.17, 15) is 4.79 Å². The highest BCUT2D eigenvalue weighted by molar-refractivity contribution is 5.96. The summed E-state index contributed by atoms with van der Waals surface area (Å²) in [5.74, 6) is 0.727. The molecule has 0 saturated heterocycles. The molecule has 0 atom stereocenters. The second kappa shape index (κ2) is 7.85. The second-order valence-corrected chi connectivity index (χ2v) is 6.21. The van der Waals surface area contributed by atoms with E-state index in [-0.39, 0.29) is 11.6 Å². The van der Waals surface area contributed by atoms with Gasteiger partial charge in [-0.2, -0.15) is 4.98 Å². The van der Waals surface area contributed by atoms with Crippen LogP contribution in [0.15, 0.2) is 73.1 Å². The third-order valence-corrected chi connectivity index (χ3v) is 4.38. The molecule has 0 aliphatic rings. The van der Waals surface area contributed by atoms with Crippen molar-refractivity contribution in [2.24, 2.45) is 0 Å². The predicted octanol–water partition coefficient (Wildman–Crippen LogP) is 4.53. The monoisotopic (exact) mass is 386 g/mol. The van der Waals surface area contributed by atoms with Gasteiger partial charge in [0.15, 0.2) is 5.82 Å². The standard InChI is InChI=1S/C22H18N4O3/c1-28-22(27)15-9-11-16(12-10-15)29-21-19(23)20(24-13-25-21)26-18-8-4-6-14-5-2-3-7-17(14)18/h2-13H,23H2,1H3,(H,24,25,26). The molecule has 29 heavy (non-hydrogen) atoms. The number of hydrogen-bond donors (Lipinski definition) is 2.